The van der Waals surface area contributed by atoms with Gasteiger partial charge in [-0.3, -0.25) is 9.69 Å². The minimum atomic E-state index is 0.0956. The lowest BCUT2D eigenvalue weighted by Gasteiger charge is -2.36. The molecule has 4 nitrogen and oxygen atoms in total. The number of amides is 1. The van der Waals surface area contributed by atoms with Crippen LogP contribution < -0.4 is 10.6 Å². The second-order valence-electron chi connectivity index (χ2n) is 5.62. The van der Waals surface area contributed by atoms with E-state index in [1.165, 1.54) is 0 Å². The highest BCUT2D eigenvalue weighted by molar-refractivity contribution is 6.30. The average molecular weight is 310 g/mol. The molecule has 1 aromatic carbocycles. The molecule has 5 heteroatoms. The number of benzene rings is 1. The molecule has 21 heavy (non-hydrogen) atoms. The SMILES string of the molecule is CCC(C)NC(=O)CN1CCNCC1c1cccc(Cl)c1. The molecule has 0 radical (unpaired) electrons. The molecule has 1 aliphatic rings. The van der Waals surface area contributed by atoms with Gasteiger partial charge in [0.15, 0.2) is 0 Å². The van der Waals surface area contributed by atoms with Gasteiger partial charge in [-0.05, 0) is 31.0 Å². The molecule has 1 aliphatic heterocycles. The Morgan fingerprint density at radius 2 is 2.38 bits per heavy atom. The molecule has 2 unspecified atom stereocenters. The standard InChI is InChI=1S/C16H24ClN3O/c1-3-12(2)19-16(21)11-20-8-7-18-10-15(20)13-5-4-6-14(17)9-13/h4-6,9,12,15,18H,3,7-8,10-11H2,1-2H3,(H,19,21). The predicted molar refractivity (Wildman–Crippen MR) is 86.5 cm³/mol. The molecule has 0 aromatic heterocycles. The summed E-state index contributed by atoms with van der Waals surface area (Å²) in [5.74, 6) is 0.0956. The van der Waals surface area contributed by atoms with Crippen LogP contribution in [-0.2, 0) is 4.79 Å². The molecule has 2 N–H and O–H groups in total. The summed E-state index contributed by atoms with van der Waals surface area (Å²) in [5, 5.41) is 7.16. The third-order valence-corrected chi connectivity index (χ3v) is 4.19. The van der Waals surface area contributed by atoms with Gasteiger partial charge in [-0.25, -0.2) is 0 Å². The first-order valence-corrected chi connectivity index (χ1v) is 7.97. The number of hydrogen-bond donors (Lipinski definition) is 2. The molecular weight excluding hydrogens is 286 g/mol. The highest BCUT2D eigenvalue weighted by Gasteiger charge is 2.25. The molecule has 1 aromatic rings. The molecular formula is C16H24ClN3O. The van der Waals surface area contributed by atoms with Crippen LogP contribution in [0.2, 0.25) is 5.02 Å². The summed E-state index contributed by atoms with van der Waals surface area (Å²) < 4.78 is 0. The normalized spacial score (nSPS) is 21.0. The van der Waals surface area contributed by atoms with Crippen molar-refractivity contribution in [1.82, 2.24) is 15.5 Å². The van der Waals surface area contributed by atoms with E-state index in [0.29, 0.717) is 6.54 Å². The molecule has 0 spiro atoms. The Labute approximate surface area is 131 Å². The topological polar surface area (TPSA) is 44.4 Å². The number of halogens is 1. The first kappa shape index (κ1) is 16.3. The zero-order valence-electron chi connectivity index (χ0n) is 12.7. The van der Waals surface area contributed by atoms with Gasteiger partial charge < -0.3 is 10.6 Å². The van der Waals surface area contributed by atoms with Crippen molar-refractivity contribution >= 4 is 17.5 Å². The summed E-state index contributed by atoms with van der Waals surface area (Å²) in [6.07, 6.45) is 0.949. The lowest BCUT2D eigenvalue weighted by molar-refractivity contribution is -0.123. The van der Waals surface area contributed by atoms with E-state index in [1.807, 2.05) is 25.1 Å². The maximum Gasteiger partial charge on any atom is 0.234 e. The summed E-state index contributed by atoms with van der Waals surface area (Å²) >= 11 is 6.09. The minimum Gasteiger partial charge on any atom is -0.353 e. The quantitative estimate of drug-likeness (QED) is 0.876. The smallest absolute Gasteiger partial charge is 0.234 e. The van der Waals surface area contributed by atoms with Gasteiger partial charge >= 0.3 is 0 Å². The van der Waals surface area contributed by atoms with Crippen LogP contribution >= 0.6 is 11.6 Å². The third-order valence-electron chi connectivity index (χ3n) is 3.95. The van der Waals surface area contributed by atoms with E-state index in [9.17, 15) is 4.79 Å². The van der Waals surface area contributed by atoms with Gasteiger partial charge in [0.1, 0.15) is 0 Å². The van der Waals surface area contributed by atoms with Gasteiger partial charge in [0, 0.05) is 36.7 Å². The molecule has 0 saturated carbocycles. The van der Waals surface area contributed by atoms with Gasteiger partial charge in [-0.2, -0.15) is 0 Å². The second-order valence-corrected chi connectivity index (χ2v) is 6.06. The van der Waals surface area contributed by atoms with Crippen molar-refractivity contribution in [3.8, 4) is 0 Å². The van der Waals surface area contributed by atoms with Crippen LogP contribution in [0.4, 0.5) is 0 Å². The monoisotopic (exact) mass is 309 g/mol. The number of nitrogens with zero attached hydrogens (tertiary/aromatic N) is 1. The Balaban J connectivity index is 2.03. The van der Waals surface area contributed by atoms with Crippen LogP contribution in [0.3, 0.4) is 0 Å². The van der Waals surface area contributed by atoms with E-state index < -0.39 is 0 Å². The summed E-state index contributed by atoms with van der Waals surface area (Å²) in [6.45, 7) is 7.16. The number of carbonyl (C=O) groups excluding carboxylic acids is 1. The zero-order valence-corrected chi connectivity index (χ0v) is 13.5. The number of rotatable bonds is 5. The van der Waals surface area contributed by atoms with Crippen LogP contribution in [0.15, 0.2) is 24.3 Å². The highest BCUT2D eigenvalue weighted by Crippen LogP contribution is 2.24. The van der Waals surface area contributed by atoms with E-state index >= 15 is 0 Å². The van der Waals surface area contributed by atoms with Crippen LogP contribution in [0.5, 0.6) is 0 Å². The average Bonchev–Trinajstić information content (AvgIpc) is 2.47. The van der Waals surface area contributed by atoms with Crippen molar-refractivity contribution in [3.63, 3.8) is 0 Å². The van der Waals surface area contributed by atoms with Crippen molar-refractivity contribution < 1.29 is 4.79 Å². The summed E-state index contributed by atoms with van der Waals surface area (Å²) in [4.78, 5) is 14.3. The lowest BCUT2D eigenvalue weighted by atomic mass is 10.0. The number of carbonyl (C=O) groups is 1. The van der Waals surface area contributed by atoms with Gasteiger partial charge in [0.2, 0.25) is 5.91 Å². The predicted octanol–water partition coefficient (Wildman–Crippen LogP) is 2.20. The van der Waals surface area contributed by atoms with E-state index in [1.54, 1.807) is 0 Å². The van der Waals surface area contributed by atoms with Crippen molar-refractivity contribution in [2.45, 2.75) is 32.4 Å². The van der Waals surface area contributed by atoms with Crippen LogP contribution in [0, 0.1) is 0 Å². The Kier molecular flexibility index (Phi) is 6.03. The van der Waals surface area contributed by atoms with Crippen molar-refractivity contribution in [2.24, 2.45) is 0 Å². The van der Waals surface area contributed by atoms with Crippen LogP contribution in [-0.4, -0.2) is 43.0 Å². The maximum absolute atomic E-state index is 12.1. The van der Waals surface area contributed by atoms with Crippen molar-refractivity contribution in [2.75, 3.05) is 26.2 Å². The molecule has 0 aliphatic carbocycles. The van der Waals surface area contributed by atoms with Gasteiger partial charge in [0.25, 0.3) is 0 Å². The maximum atomic E-state index is 12.1. The van der Waals surface area contributed by atoms with E-state index in [-0.39, 0.29) is 18.0 Å². The van der Waals surface area contributed by atoms with Gasteiger partial charge in [-0.15, -0.1) is 0 Å². The van der Waals surface area contributed by atoms with E-state index in [4.69, 9.17) is 11.6 Å². The molecule has 2 rings (SSSR count). The Bertz CT molecular complexity index is 480. The molecule has 0 bridgehead atoms. The Morgan fingerprint density at radius 3 is 3.10 bits per heavy atom. The Morgan fingerprint density at radius 1 is 1.57 bits per heavy atom. The zero-order chi connectivity index (χ0) is 15.2. The second kappa shape index (κ2) is 7.78. The van der Waals surface area contributed by atoms with E-state index in [0.717, 1.165) is 36.6 Å². The lowest BCUT2D eigenvalue weighted by Crippen LogP contribution is -2.50. The van der Waals surface area contributed by atoms with Gasteiger partial charge in [0.05, 0.1) is 6.54 Å². The number of hydrogen-bond acceptors (Lipinski definition) is 3. The fourth-order valence-corrected chi connectivity index (χ4v) is 2.78. The first-order chi connectivity index (χ1) is 10.1. The van der Waals surface area contributed by atoms with Crippen molar-refractivity contribution in [3.05, 3.63) is 34.9 Å². The van der Waals surface area contributed by atoms with Gasteiger partial charge in [-0.1, -0.05) is 30.7 Å². The first-order valence-electron chi connectivity index (χ1n) is 7.59. The molecule has 116 valence electrons. The minimum absolute atomic E-state index is 0.0956. The van der Waals surface area contributed by atoms with E-state index in [2.05, 4.69) is 28.5 Å². The third kappa shape index (κ3) is 4.70. The number of piperazine rings is 1. The molecule has 1 saturated heterocycles. The highest BCUT2D eigenvalue weighted by atomic mass is 35.5. The van der Waals surface area contributed by atoms with Crippen LogP contribution in [0.1, 0.15) is 31.9 Å². The molecule has 2 atom stereocenters. The summed E-state index contributed by atoms with van der Waals surface area (Å²) in [5.41, 5.74) is 1.16. The van der Waals surface area contributed by atoms with Crippen molar-refractivity contribution in [1.29, 1.82) is 0 Å². The Hall–Kier alpha value is -1.10. The fraction of sp³-hybridized carbons (Fsp3) is 0.562. The fourth-order valence-electron chi connectivity index (χ4n) is 2.59. The number of nitrogens with one attached hydrogen (secondary N) is 2. The largest absolute Gasteiger partial charge is 0.353 e. The summed E-state index contributed by atoms with van der Waals surface area (Å²) in [7, 11) is 0. The van der Waals surface area contributed by atoms with Crippen LogP contribution in [0.25, 0.3) is 0 Å². The summed E-state index contributed by atoms with van der Waals surface area (Å²) in [6, 6.07) is 8.32. The molecule has 1 heterocycles. The molecule has 1 amide bonds. The molecule has 1 fully saturated rings.